The van der Waals surface area contributed by atoms with Gasteiger partial charge in [-0.2, -0.15) is 5.10 Å². The van der Waals surface area contributed by atoms with Gasteiger partial charge in [-0.3, -0.25) is 5.32 Å². The van der Waals surface area contributed by atoms with Gasteiger partial charge < -0.3 is 10.2 Å². The normalized spacial score (nSPS) is 18.4. The Balaban J connectivity index is 1.55. The number of benzene rings is 2. The van der Waals surface area contributed by atoms with E-state index >= 15 is 0 Å². The zero-order chi connectivity index (χ0) is 24.2. The minimum Gasteiger partial charge on any atom is -0.333 e. The molecule has 180 valence electrons. The van der Waals surface area contributed by atoms with Crippen molar-refractivity contribution in [1.29, 1.82) is 0 Å². The summed E-state index contributed by atoms with van der Waals surface area (Å²) in [6, 6.07) is 14.4. The Labute approximate surface area is 199 Å². The third-order valence-corrected chi connectivity index (χ3v) is 6.13. The SMILES string of the molecule is CCCN1C[C@@H](NC(=O)Nc2cc(C(C)C)nn2-c2ccccc2)[C@H](c2cc(F)cc(F)c2)C1. The van der Waals surface area contributed by atoms with Crippen LogP contribution in [-0.4, -0.2) is 46.4 Å². The van der Waals surface area contributed by atoms with Crippen LogP contribution in [0.2, 0.25) is 0 Å². The third kappa shape index (κ3) is 5.44. The minimum atomic E-state index is -0.611. The molecule has 6 nitrogen and oxygen atoms in total. The van der Waals surface area contributed by atoms with Crippen molar-refractivity contribution in [3.05, 3.63) is 77.5 Å². The van der Waals surface area contributed by atoms with Crippen molar-refractivity contribution in [3.63, 3.8) is 0 Å². The van der Waals surface area contributed by atoms with Gasteiger partial charge in [0.05, 0.1) is 17.4 Å². The molecule has 0 saturated carbocycles. The van der Waals surface area contributed by atoms with Gasteiger partial charge in [0.2, 0.25) is 0 Å². The van der Waals surface area contributed by atoms with Crippen LogP contribution in [0.1, 0.15) is 50.3 Å². The third-order valence-electron chi connectivity index (χ3n) is 6.13. The number of carbonyl (C=O) groups excluding carboxylic acids is 1. The molecule has 2 N–H and O–H groups in total. The first kappa shape index (κ1) is 23.9. The van der Waals surface area contributed by atoms with Crippen molar-refractivity contribution >= 4 is 11.8 Å². The van der Waals surface area contributed by atoms with Crippen LogP contribution in [0, 0.1) is 11.6 Å². The maximum Gasteiger partial charge on any atom is 0.320 e. The topological polar surface area (TPSA) is 62.2 Å². The van der Waals surface area contributed by atoms with Crippen LogP contribution in [0.4, 0.5) is 19.4 Å². The summed E-state index contributed by atoms with van der Waals surface area (Å²) < 4.78 is 29.5. The van der Waals surface area contributed by atoms with Crippen molar-refractivity contribution in [2.75, 3.05) is 25.0 Å². The monoisotopic (exact) mass is 467 g/mol. The number of para-hydroxylation sites is 1. The molecule has 0 spiro atoms. The largest absolute Gasteiger partial charge is 0.333 e. The van der Waals surface area contributed by atoms with E-state index in [0.717, 1.165) is 30.4 Å². The summed E-state index contributed by atoms with van der Waals surface area (Å²) in [5, 5.41) is 10.6. The summed E-state index contributed by atoms with van der Waals surface area (Å²) >= 11 is 0. The second kappa shape index (κ2) is 10.3. The van der Waals surface area contributed by atoms with Crippen LogP contribution >= 0.6 is 0 Å². The van der Waals surface area contributed by atoms with E-state index < -0.39 is 11.6 Å². The fourth-order valence-electron chi connectivity index (χ4n) is 4.51. The molecule has 1 fully saturated rings. The molecule has 3 aromatic rings. The first-order valence-corrected chi connectivity index (χ1v) is 11.7. The summed E-state index contributed by atoms with van der Waals surface area (Å²) in [4.78, 5) is 15.3. The maximum absolute atomic E-state index is 13.9. The molecule has 1 aliphatic heterocycles. The standard InChI is InChI=1S/C26H31F2N5O/c1-4-10-32-15-22(18-11-19(27)13-20(28)12-18)24(16-32)29-26(34)30-25-14-23(17(2)3)31-33(25)21-8-6-5-7-9-21/h5-9,11-14,17,22,24H,4,10,15-16H2,1-3H3,(H2,29,30,34)/t22-,24+/m0/s1. The van der Waals surface area contributed by atoms with Crippen LogP contribution in [-0.2, 0) is 0 Å². The number of nitrogens with zero attached hydrogens (tertiary/aromatic N) is 3. The molecule has 1 aromatic heterocycles. The van der Waals surface area contributed by atoms with Gasteiger partial charge in [0.1, 0.15) is 17.5 Å². The van der Waals surface area contributed by atoms with Crippen molar-refractivity contribution in [2.24, 2.45) is 0 Å². The highest BCUT2D eigenvalue weighted by molar-refractivity contribution is 5.89. The van der Waals surface area contributed by atoms with Gasteiger partial charge in [-0.25, -0.2) is 18.3 Å². The molecule has 0 aliphatic carbocycles. The van der Waals surface area contributed by atoms with Crippen molar-refractivity contribution in [3.8, 4) is 5.69 Å². The molecule has 2 aromatic carbocycles. The van der Waals surface area contributed by atoms with Gasteiger partial charge in [-0.1, -0.05) is 39.0 Å². The number of urea groups is 1. The summed E-state index contributed by atoms with van der Waals surface area (Å²) in [7, 11) is 0. The zero-order valence-electron chi connectivity index (χ0n) is 19.8. The van der Waals surface area contributed by atoms with Gasteiger partial charge in [-0.05, 0) is 48.7 Å². The van der Waals surface area contributed by atoms with Crippen molar-refractivity contribution in [1.82, 2.24) is 20.0 Å². The predicted octanol–water partition coefficient (Wildman–Crippen LogP) is 5.27. The zero-order valence-corrected chi connectivity index (χ0v) is 19.8. The van der Waals surface area contributed by atoms with Gasteiger partial charge in [0.15, 0.2) is 0 Å². The van der Waals surface area contributed by atoms with E-state index in [-0.39, 0.29) is 23.9 Å². The highest BCUT2D eigenvalue weighted by atomic mass is 19.1. The molecule has 8 heteroatoms. The van der Waals surface area contributed by atoms with E-state index in [1.807, 2.05) is 50.2 Å². The van der Waals surface area contributed by atoms with Gasteiger partial charge in [0, 0.05) is 31.1 Å². The molecule has 1 aliphatic rings. The number of rotatable bonds is 7. The molecule has 4 rings (SSSR count). The maximum atomic E-state index is 13.9. The van der Waals surface area contributed by atoms with Crippen LogP contribution in [0.3, 0.4) is 0 Å². The highest BCUT2D eigenvalue weighted by Crippen LogP contribution is 2.29. The second-order valence-corrected chi connectivity index (χ2v) is 9.13. The first-order chi connectivity index (χ1) is 16.3. The molecule has 2 amide bonds. The fourth-order valence-corrected chi connectivity index (χ4v) is 4.51. The van der Waals surface area contributed by atoms with Crippen molar-refractivity contribution in [2.45, 2.75) is 45.1 Å². The number of hydrogen-bond acceptors (Lipinski definition) is 3. The Morgan fingerprint density at radius 2 is 1.79 bits per heavy atom. The quantitative estimate of drug-likeness (QED) is 0.497. The average Bonchev–Trinajstić information content (AvgIpc) is 3.38. The molecule has 2 atom stereocenters. The number of amides is 2. The summed E-state index contributed by atoms with van der Waals surface area (Å²) in [6.07, 6.45) is 0.956. The molecule has 0 bridgehead atoms. The Bertz CT molecular complexity index is 1110. The highest BCUT2D eigenvalue weighted by Gasteiger charge is 2.35. The van der Waals surface area contributed by atoms with Gasteiger partial charge >= 0.3 is 6.03 Å². The number of halogens is 2. The van der Waals surface area contributed by atoms with E-state index in [2.05, 4.69) is 27.6 Å². The van der Waals surface area contributed by atoms with Crippen molar-refractivity contribution < 1.29 is 13.6 Å². The van der Waals surface area contributed by atoms with Crippen LogP contribution in [0.5, 0.6) is 0 Å². The summed E-state index contributed by atoms with van der Waals surface area (Å²) in [5.74, 6) is -0.685. The van der Waals surface area contributed by atoms with Crippen LogP contribution in [0.15, 0.2) is 54.6 Å². The number of hydrogen-bond donors (Lipinski definition) is 2. The van der Waals surface area contributed by atoms with E-state index in [4.69, 9.17) is 0 Å². The lowest BCUT2D eigenvalue weighted by Gasteiger charge is -2.21. The molecule has 2 heterocycles. The first-order valence-electron chi connectivity index (χ1n) is 11.7. The molecule has 0 radical (unpaired) electrons. The Kier molecular flexibility index (Phi) is 7.26. The molecule has 0 unspecified atom stereocenters. The summed E-state index contributed by atoms with van der Waals surface area (Å²) in [5.41, 5.74) is 2.26. The minimum absolute atomic E-state index is 0.193. The number of likely N-dealkylation sites (tertiary alicyclic amines) is 1. The number of nitrogens with one attached hydrogen (secondary N) is 2. The lowest BCUT2D eigenvalue weighted by atomic mass is 9.94. The molecular weight excluding hydrogens is 436 g/mol. The van der Waals surface area contributed by atoms with Crippen LogP contribution < -0.4 is 10.6 Å². The molecule has 34 heavy (non-hydrogen) atoms. The lowest BCUT2D eigenvalue weighted by molar-refractivity contribution is 0.247. The van der Waals surface area contributed by atoms with E-state index in [1.54, 1.807) is 4.68 Å². The Hall–Kier alpha value is -3.26. The molecule has 1 saturated heterocycles. The summed E-state index contributed by atoms with van der Waals surface area (Å²) in [6.45, 7) is 8.27. The van der Waals surface area contributed by atoms with E-state index in [9.17, 15) is 13.6 Å². The number of carbonyl (C=O) groups is 1. The second-order valence-electron chi connectivity index (χ2n) is 9.13. The Morgan fingerprint density at radius 1 is 1.09 bits per heavy atom. The predicted molar refractivity (Wildman–Crippen MR) is 129 cm³/mol. The molecular formula is C26H31F2N5O. The average molecular weight is 468 g/mol. The van der Waals surface area contributed by atoms with E-state index in [1.165, 1.54) is 12.1 Å². The van der Waals surface area contributed by atoms with Crippen LogP contribution in [0.25, 0.3) is 5.69 Å². The number of anilines is 1. The lowest BCUT2D eigenvalue weighted by Crippen LogP contribution is -2.42. The van der Waals surface area contributed by atoms with Gasteiger partial charge in [0.25, 0.3) is 0 Å². The van der Waals surface area contributed by atoms with E-state index in [0.29, 0.717) is 24.5 Å². The smallest absolute Gasteiger partial charge is 0.320 e. The Morgan fingerprint density at radius 3 is 2.44 bits per heavy atom. The fraction of sp³-hybridized carbons (Fsp3) is 0.385. The van der Waals surface area contributed by atoms with Gasteiger partial charge in [-0.15, -0.1) is 0 Å². The number of aromatic nitrogens is 2.